The van der Waals surface area contributed by atoms with Crippen molar-refractivity contribution in [2.24, 2.45) is 0 Å². The lowest BCUT2D eigenvalue weighted by Gasteiger charge is -2.45. The minimum atomic E-state index is -0.469. The summed E-state index contributed by atoms with van der Waals surface area (Å²) in [6, 6.07) is 51.0. The van der Waals surface area contributed by atoms with Crippen molar-refractivity contribution >= 4 is 90.6 Å². The monoisotopic (exact) mass is 1020 g/mol. The molecule has 0 unspecified atom stereocenters. The van der Waals surface area contributed by atoms with Crippen LogP contribution in [0.15, 0.2) is 181 Å². The van der Waals surface area contributed by atoms with Crippen LogP contribution in [0.25, 0.3) is 16.3 Å². The first-order valence-corrected chi connectivity index (χ1v) is 27.6. The molecule has 77 heavy (non-hydrogen) atoms. The summed E-state index contributed by atoms with van der Waals surface area (Å²) in [4.78, 5) is 7.42. The molecule has 0 N–H and O–H groups in total. The van der Waals surface area contributed by atoms with Gasteiger partial charge < -0.3 is 23.9 Å². The average molecular weight is 1020 g/mol. The van der Waals surface area contributed by atoms with E-state index in [1.807, 2.05) is 18.6 Å². The molecule has 5 nitrogen and oxygen atoms in total. The number of fused-ring (bicyclic) bond motifs is 5. The lowest BCUT2D eigenvalue weighted by atomic mass is 9.33. The van der Waals surface area contributed by atoms with Crippen molar-refractivity contribution in [2.75, 3.05) is 14.7 Å². The zero-order valence-electron chi connectivity index (χ0n) is 48.6. The summed E-state index contributed by atoms with van der Waals surface area (Å²) in [5, 5.41) is 2.13. The summed E-state index contributed by atoms with van der Waals surface area (Å²) in [5.74, 6) is 0.805. The first-order valence-electron chi connectivity index (χ1n) is 27.6. The molecule has 0 fully saturated rings. The summed E-state index contributed by atoms with van der Waals surface area (Å²) >= 11 is 0. The fraction of sp³-hybridized carbons (Fsp3) is 0.296. The minimum absolute atomic E-state index is 0.00242. The molecule has 2 aliphatic rings. The van der Waals surface area contributed by atoms with E-state index in [0.717, 1.165) is 78.8 Å². The van der Waals surface area contributed by atoms with E-state index >= 15 is 0 Å². The predicted molar refractivity (Wildman–Crippen MR) is 333 cm³/mol. The summed E-state index contributed by atoms with van der Waals surface area (Å²) < 4.78 is 13.0. The highest BCUT2D eigenvalue weighted by atomic mass is 16.5. The molecule has 0 radical (unpaired) electrons. The third-order valence-electron chi connectivity index (χ3n) is 15.4. The number of rotatable bonds is 9. The van der Waals surface area contributed by atoms with Crippen LogP contribution in [0.5, 0.6) is 5.75 Å². The number of anilines is 9. The first kappa shape index (κ1) is 53.0. The number of furan rings is 1. The van der Waals surface area contributed by atoms with Gasteiger partial charge in [0.1, 0.15) is 11.4 Å². The average Bonchev–Trinajstić information content (AvgIpc) is 3.94. The lowest BCUT2D eigenvalue weighted by molar-refractivity contribution is 0.131. The minimum Gasteiger partial charge on any atom is -0.488 e. The van der Waals surface area contributed by atoms with Gasteiger partial charge in [-0.3, -0.25) is 0 Å². The highest BCUT2D eigenvalue weighted by Gasteiger charge is 2.45. The van der Waals surface area contributed by atoms with Gasteiger partial charge in [0.2, 0.25) is 0 Å². The highest BCUT2D eigenvalue weighted by Crippen LogP contribution is 2.50. The maximum absolute atomic E-state index is 7.02. The largest absolute Gasteiger partial charge is 0.488 e. The predicted octanol–water partition coefficient (Wildman–Crippen LogP) is 18.5. The van der Waals surface area contributed by atoms with Crippen LogP contribution >= 0.6 is 0 Å². The van der Waals surface area contributed by atoms with Gasteiger partial charge in [0, 0.05) is 74.0 Å². The van der Waals surface area contributed by atoms with Gasteiger partial charge in [-0.15, -0.1) is 0 Å². The van der Waals surface area contributed by atoms with Crippen LogP contribution in [0.1, 0.15) is 139 Å². The fourth-order valence-corrected chi connectivity index (χ4v) is 11.2. The van der Waals surface area contributed by atoms with Crippen LogP contribution in [0.4, 0.5) is 51.2 Å². The van der Waals surface area contributed by atoms with Gasteiger partial charge in [-0.2, -0.15) is 0 Å². The van der Waals surface area contributed by atoms with E-state index in [1.165, 1.54) is 38.6 Å². The van der Waals surface area contributed by atoms with Gasteiger partial charge >= 0.3 is 0 Å². The topological polar surface area (TPSA) is 32.1 Å². The fourth-order valence-electron chi connectivity index (χ4n) is 11.2. The van der Waals surface area contributed by atoms with Crippen molar-refractivity contribution in [2.45, 2.75) is 138 Å². The summed E-state index contributed by atoms with van der Waals surface area (Å²) in [5.41, 5.74) is 20.0. The zero-order valence-corrected chi connectivity index (χ0v) is 48.6. The van der Waals surface area contributed by atoms with Gasteiger partial charge in [0.15, 0.2) is 0 Å². The molecule has 0 bridgehead atoms. The molecule has 3 heterocycles. The maximum atomic E-state index is 7.02. The van der Waals surface area contributed by atoms with Gasteiger partial charge in [0.25, 0.3) is 6.71 Å². The molecule has 7 aromatic carbocycles. The normalized spacial score (nSPS) is 14.0. The molecule has 8 aromatic rings. The summed E-state index contributed by atoms with van der Waals surface area (Å²) in [6.45, 7) is 40.1. The van der Waals surface area contributed by atoms with Gasteiger partial charge in [-0.1, -0.05) is 169 Å². The Morgan fingerprint density at radius 2 is 1.00 bits per heavy atom. The molecule has 0 saturated heterocycles. The Morgan fingerprint density at radius 1 is 0.519 bits per heavy atom. The Labute approximate surface area is 460 Å². The summed E-state index contributed by atoms with van der Waals surface area (Å²) in [7, 11) is 0. The Morgan fingerprint density at radius 3 is 1.49 bits per heavy atom. The van der Waals surface area contributed by atoms with Crippen molar-refractivity contribution < 1.29 is 9.15 Å². The van der Waals surface area contributed by atoms with Crippen molar-refractivity contribution in [3.8, 4) is 5.75 Å². The van der Waals surface area contributed by atoms with Crippen molar-refractivity contribution in [1.82, 2.24) is 0 Å². The van der Waals surface area contributed by atoms with Crippen LogP contribution < -0.4 is 35.8 Å². The van der Waals surface area contributed by atoms with Crippen LogP contribution in [-0.2, 0) is 21.7 Å². The number of hydrogen-bond donors (Lipinski definition) is 0. The van der Waals surface area contributed by atoms with Crippen LogP contribution in [0.2, 0.25) is 0 Å². The molecule has 0 amide bonds. The number of ether oxygens (including phenoxy) is 1. The molecule has 0 atom stereocenters. The van der Waals surface area contributed by atoms with Crippen molar-refractivity contribution in [3.63, 3.8) is 0 Å². The zero-order chi connectivity index (χ0) is 55.1. The molecule has 2 aliphatic heterocycles. The van der Waals surface area contributed by atoms with E-state index in [1.54, 1.807) is 0 Å². The van der Waals surface area contributed by atoms with Crippen LogP contribution in [-0.4, -0.2) is 12.3 Å². The standard InChI is InChI=1S/C71H78BN3O2/c1-18-20-21-46(19-2)58-40-52(70(12,13)14)28-37-61(58)73(53-29-22-49(23-30-53)67(3,4)5)56-35-36-59-63(41-56)75(55-33-26-51(27-34-55)69(9,10)11)65-43-57(77-71(15,16)17)42-64-66(65)72(59)60-38-47-44-76-45-48(47)39-62(60)74(64)54-31-24-50(25-32-54)68(6,7)8/h18-45H,2H2,1,3-17H3/b20-18-,46-21+. The second kappa shape index (κ2) is 19.2. The van der Waals surface area contributed by atoms with E-state index in [0.29, 0.717) is 0 Å². The number of allylic oxidation sites excluding steroid dienone is 5. The number of hydrogen-bond acceptors (Lipinski definition) is 5. The Kier molecular flexibility index (Phi) is 13.2. The molecule has 10 rings (SSSR count). The third kappa shape index (κ3) is 10.1. The smallest absolute Gasteiger partial charge is 0.252 e. The lowest BCUT2D eigenvalue weighted by Crippen LogP contribution is -2.61. The second-order valence-corrected chi connectivity index (χ2v) is 26.4. The molecule has 0 aliphatic carbocycles. The summed E-state index contributed by atoms with van der Waals surface area (Å²) in [6.07, 6.45) is 12.1. The number of benzene rings is 7. The van der Waals surface area contributed by atoms with Gasteiger partial charge in [-0.05, 0) is 160 Å². The van der Waals surface area contributed by atoms with E-state index < -0.39 is 5.60 Å². The first-order chi connectivity index (χ1) is 36.2. The Bertz CT molecular complexity index is 3600. The van der Waals surface area contributed by atoms with E-state index in [2.05, 4.69) is 284 Å². The van der Waals surface area contributed by atoms with E-state index in [9.17, 15) is 0 Å². The SMILES string of the molecule is C=C/C(=C\C=C/C)c1cc(C(C)(C)C)ccc1N(c1ccc(C(C)(C)C)cc1)c1ccc2c(c1)N(c1ccc(C(C)(C)C)cc1)c1cc(OC(C)(C)C)cc3c1B2c1cc2cocc2cc1N3c1ccc(C(C)(C)C)cc1. The van der Waals surface area contributed by atoms with E-state index in [4.69, 9.17) is 9.15 Å². The van der Waals surface area contributed by atoms with E-state index in [-0.39, 0.29) is 28.4 Å². The van der Waals surface area contributed by atoms with Crippen LogP contribution in [0.3, 0.4) is 0 Å². The molecular weight excluding hydrogens is 938 g/mol. The Hall–Kier alpha value is -7.44. The van der Waals surface area contributed by atoms with Gasteiger partial charge in [-0.25, -0.2) is 0 Å². The molecule has 6 heteroatoms. The molecule has 0 spiro atoms. The quantitative estimate of drug-likeness (QED) is 0.106. The van der Waals surface area contributed by atoms with Crippen molar-refractivity contribution in [3.05, 3.63) is 205 Å². The molecule has 392 valence electrons. The number of nitrogens with zero attached hydrogens (tertiary/aromatic N) is 3. The van der Waals surface area contributed by atoms with Gasteiger partial charge in [0.05, 0.1) is 18.2 Å². The van der Waals surface area contributed by atoms with Crippen molar-refractivity contribution in [1.29, 1.82) is 0 Å². The molecule has 0 saturated carbocycles. The third-order valence-corrected chi connectivity index (χ3v) is 15.4. The molecular formula is C71H78BN3O2. The highest BCUT2D eigenvalue weighted by molar-refractivity contribution is 7.00. The second-order valence-electron chi connectivity index (χ2n) is 26.4. The molecule has 1 aromatic heterocycles. The van der Waals surface area contributed by atoms with Crippen LogP contribution in [0, 0.1) is 0 Å². The Balaban J connectivity index is 1.31. The maximum Gasteiger partial charge on any atom is 0.252 e.